The van der Waals surface area contributed by atoms with Gasteiger partial charge in [-0.3, -0.25) is 14.5 Å². The number of aromatic nitrogens is 2. The van der Waals surface area contributed by atoms with E-state index in [2.05, 4.69) is 24.0 Å². The van der Waals surface area contributed by atoms with Gasteiger partial charge in [0.2, 0.25) is 10.9 Å². The highest BCUT2D eigenvalue weighted by Gasteiger charge is 2.45. The third-order valence-electron chi connectivity index (χ3n) is 6.34. The second kappa shape index (κ2) is 10.2. The van der Waals surface area contributed by atoms with Crippen LogP contribution in [-0.4, -0.2) is 22.7 Å². The molecule has 4 aromatic rings. The third kappa shape index (κ3) is 4.41. The third-order valence-corrected chi connectivity index (χ3v) is 7.32. The topological polar surface area (TPSA) is 85.5 Å². The van der Waals surface area contributed by atoms with Crippen LogP contribution in [0.5, 0.6) is 5.75 Å². The predicted molar refractivity (Wildman–Crippen MR) is 141 cm³/mol. The van der Waals surface area contributed by atoms with Gasteiger partial charge in [0.15, 0.2) is 5.43 Å². The normalized spacial score (nSPS) is 15.0. The largest absolute Gasteiger partial charge is 0.494 e. The van der Waals surface area contributed by atoms with E-state index in [1.807, 2.05) is 43.3 Å². The van der Waals surface area contributed by atoms with Crippen LogP contribution in [0.4, 0.5) is 5.13 Å². The summed E-state index contributed by atoms with van der Waals surface area (Å²) in [5.74, 6) is 0.375. The van der Waals surface area contributed by atoms with Gasteiger partial charge in [0, 0.05) is 6.42 Å². The van der Waals surface area contributed by atoms with Crippen LogP contribution in [0.3, 0.4) is 0 Å². The molecule has 8 heteroatoms. The van der Waals surface area contributed by atoms with Gasteiger partial charge in [0.1, 0.15) is 16.3 Å². The smallest absolute Gasteiger partial charge is 0.297 e. The molecule has 5 rings (SSSR count). The average Bonchev–Trinajstić information content (AvgIpc) is 3.45. The molecule has 7 nitrogen and oxygen atoms in total. The van der Waals surface area contributed by atoms with Crippen LogP contribution in [0.25, 0.3) is 11.0 Å². The lowest BCUT2D eigenvalue weighted by molar-refractivity contribution is 0.0970. The van der Waals surface area contributed by atoms with Crippen molar-refractivity contribution in [3.8, 4) is 5.75 Å². The molecule has 0 aliphatic carbocycles. The molecular formula is C28H29N3O4S. The maximum atomic E-state index is 13.8. The monoisotopic (exact) mass is 503 g/mol. The van der Waals surface area contributed by atoms with E-state index in [4.69, 9.17) is 9.15 Å². The summed E-state index contributed by atoms with van der Waals surface area (Å²) >= 11 is 1.37. The summed E-state index contributed by atoms with van der Waals surface area (Å²) in [6.07, 6.45) is 4.89. The highest BCUT2D eigenvalue weighted by Crippen LogP contribution is 2.42. The van der Waals surface area contributed by atoms with Gasteiger partial charge in [0.05, 0.1) is 23.6 Å². The van der Waals surface area contributed by atoms with Crippen molar-refractivity contribution in [2.24, 2.45) is 0 Å². The number of carbonyl (C=O) groups is 1. The molecule has 2 aromatic heterocycles. The standard InChI is InChI=1S/C28H29N3O4S/c1-4-6-7-14-34-19-11-8-10-18(16-19)24-23-25(32)20-15-17(3)12-13-21(20)35-26(23)27(33)31(24)28-30-29-22(36-28)9-5-2/h8,10-13,15-16,24H,4-7,9,14H2,1-3H3. The first-order valence-electron chi connectivity index (χ1n) is 12.5. The SMILES string of the molecule is CCCCCOc1cccc(C2c3c(oc4ccc(C)cc4c3=O)C(=O)N2c2nnc(CCC)s2)c1. The number of unbranched alkanes of at least 4 members (excludes halogenated alkanes) is 2. The van der Waals surface area contributed by atoms with Gasteiger partial charge in [-0.2, -0.15) is 0 Å². The molecule has 1 aliphatic rings. The summed E-state index contributed by atoms with van der Waals surface area (Å²) in [4.78, 5) is 29.1. The first-order chi connectivity index (χ1) is 17.5. The summed E-state index contributed by atoms with van der Waals surface area (Å²) < 4.78 is 12.1. The van der Waals surface area contributed by atoms with E-state index in [1.54, 1.807) is 11.0 Å². The summed E-state index contributed by atoms with van der Waals surface area (Å²) in [5.41, 5.74) is 2.23. The molecule has 36 heavy (non-hydrogen) atoms. The fourth-order valence-corrected chi connectivity index (χ4v) is 5.54. The Morgan fingerprint density at radius 1 is 1.06 bits per heavy atom. The Bertz CT molecular complexity index is 1480. The van der Waals surface area contributed by atoms with E-state index in [9.17, 15) is 9.59 Å². The molecule has 1 amide bonds. The molecule has 0 fully saturated rings. The minimum atomic E-state index is -0.685. The summed E-state index contributed by atoms with van der Waals surface area (Å²) in [6.45, 7) is 6.77. The molecule has 0 saturated heterocycles. The number of fused-ring (bicyclic) bond motifs is 2. The van der Waals surface area contributed by atoms with E-state index < -0.39 is 6.04 Å². The lowest BCUT2D eigenvalue weighted by Gasteiger charge is -2.22. The quantitative estimate of drug-likeness (QED) is 0.252. The molecule has 0 spiro atoms. The van der Waals surface area contributed by atoms with Gasteiger partial charge < -0.3 is 9.15 Å². The van der Waals surface area contributed by atoms with Crippen LogP contribution < -0.4 is 15.1 Å². The van der Waals surface area contributed by atoms with Gasteiger partial charge in [0.25, 0.3) is 5.91 Å². The summed E-state index contributed by atoms with van der Waals surface area (Å²) in [6, 6.07) is 12.3. The molecular weight excluding hydrogens is 474 g/mol. The lowest BCUT2D eigenvalue weighted by atomic mass is 9.98. The van der Waals surface area contributed by atoms with Crippen molar-refractivity contribution in [1.29, 1.82) is 0 Å². The average molecular weight is 504 g/mol. The van der Waals surface area contributed by atoms with E-state index in [-0.39, 0.29) is 17.1 Å². The number of ether oxygens (including phenoxy) is 1. The number of anilines is 1. The van der Waals surface area contributed by atoms with Gasteiger partial charge in [-0.1, -0.05) is 61.8 Å². The van der Waals surface area contributed by atoms with Gasteiger partial charge in [-0.25, -0.2) is 0 Å². The fourth-order valence-electron chi connectivity index (χ4n) is 4.57. The molecule has 0 saturated carbocycles. The van der Waals surface area contributed by atoms with Crippen LogP contribution in [0, 0.1) is 6.92 Å². The van der Waals surface area contributed by atoms with E-state index in [1.165, 1.54) is 11.3 Å². The van der Waals surface area contributed by atoms with Crippen molar-refractivity contribution in [3.05, 3.63) is 80.1 Å². The zero-order valence-corrected chi connectivity index (χ0v) is 21.6. The molecule has 0 bridgehead atoms. The van der Waals surface area contributed by atoms with Crippen LogP contribution in [0.2, 0.25) is 0 Å². The highest BCUT2D eigenvalue weighted by atomic mass is 32.1. The summed E-state index contributed by atoms with van der Waals surface area (Å²) in [7, 11) is 0. The van der Waals surface area contributed by atoms with Crippen molar-refractivity contribution in [2.75, 3.05) is 11.5 Å². The molecule has 1 atom stereocenters. The minimum Gasteiger partial charge on any atom is -0.494 e. The maximum Gasteiger partial charge on any atom is 0.297 e. The molecule has 2 aromatic carbocycles. The molecule has 0 N–H and O–H groups in total. The number of rotatable bonds is 9. The van der Waals surface area contributed by atoms with Crippen LogP contribution in [0.1, 0.15) is 77.8 Å². The van der Waals surface area contributed by atoms with Crippen molar-refractivity contribution in [1.82, 2.24) is 10.2 Å². The zero-order chi connectivity index (χ0) is 25.2. The zero-order valence-electron chi connectivity index (χ0n) is 20.7. The first kappa shape index (κ1) is 24.2. The molecule has 3 heterocycles. The Kier molecular flexibility index (Phi) is 6.87. The Balaban J connectivity index is 1.65. The van der Waals surface area contributed by atoms with Crippen LogP contribution >= 0.6 is 11.3 Å². The highest BCUT2D eigenvalue weighted by molar-refractivity contribution is 7.15. The number of hydrogen-bond acceptors (Lipinski definition) is 7. The Labute approximate surface area is 213 Å². The number of nitrogens with zero attached hydrogens (tertiary/aromatic N) is 3. The van der Waals surface area contributed by atoms with Crippen molar-refractivity contribution in [3.63, 3.8) is 0 Å². The Hall–Kier alpha value is -3.52. The second-order valence-corrected chi connectivity index (χ2v) is 10.1. The first-order valence-corrected chi connectivity index (χ1v) is 13.3. The predicted octanol–water partition coefficient (Wildman–Crippen LogP) is 6.22. The van der Waals surface area contributed by atoms with Crippen molar-refractivity contribution >= 4 is 33.3 Å². The van der Waals surface area contributed by atoms with E-state index >= 15 is 0 Å². The number of hydrogen-bond donors (Lipinski definition) is 0. The van der Waals surface area contributed by atoms with Crippen molar-refractivity contribution < 1.29 is 13.9 Å². The number of benzene rings is 2. The molecule has 186 valence electrons. The van der Waals surface area contributed by atoms with Gasteiger partial charge in [-0.15, -0.1) is 10.2 Å². The van der Waals surface area contributed by atoms with E-state index in [0.717, 1.165) is 48.2 Å². The molecule has 1 aliphatic heterocycles. The molecule has 0 radical (unpaired) electrons. The van der Waals surface area contributed by atoms with Crippen LogP contribution in [-0.2, 0) is 6.42 Å². The number of carbonyl (C=O) groups excluding carboxylic acids is 1. The lowest BCUT2D eigenvalue weighted by Crippen LogP contribution is -2.29. The van der Waals surface area contributed by atoms with Gasteiger partial charge >= 0.3 is 0 Å². The van der Waals surface area contributed by atoms with E-state index in [0.29, 0.717) is 34.0 Å². The number of aryl methyl sites for hydroxylation is 2. The Morgan fingerprint density at radius 3 is 2.72 bits per heavy atom. The van der Waals surface area contributed by atoms with Gasteiger partial charge in [-0.05, 0) is 49.6 Å². The Morgan fingerprint density at radius 2 is 1.92 bits per heavy atom. The second-order valence-electron chi connectivity index (χ2n) is 9.11. The maximum absolute atomic E-state index is 13.8. The fraction of sp³-hybridized carbons (Fsp3) is 0.357. The van der Waals surface area contributed by atoms with Crippen LogP contribution in [0.15, 0.2) is 51.7 Å². The summed E-state index contributed by atoms with van der Waals surface area (Å²) in [5, 5.41) is 10.4. The minimum absolute atomic E-state index is 0.0582. The van der Waals surface area contributed by atoms with Crippen molar-refractivity contribution in [2.45, 2.75) is 58.9 Å². The number of amides is 1. The molecule has 1 unspecified atom stereocenters.